The maximum atomic E-state index is 12.9. The largest absolute Gasteiger partial charge is 0.451 e. The number of hydrogen-bond acceptors (Lipinski definition) is 5. The average molecular weight is 455 g/mol. The Morgan fingerprint density at radius 1 is 1.06 bits per heavy atom. The van der Waals surface area contributed by atoms with Crippen molar-refractivity contribution in [3.63, 3.8) is 0 Å². The van der Waals surface area contributed by atoms with Gasteiger partial charge in [0.05, 0.1) is 24.6 Å². The Morgan fingerprint density at radius 3 is 2.44 bits per heavy atom. The molecule has 0 unspecified atom stereocenters. The predicted molar refractivity (Wildman–Crippen MR) is 125 cm³/mol. The van der Waals surface area contributed by atoms with Crippen LogP contribution in [0.2, 0.25) is 5.02 Å². The minimum Gasteiger partial charge on any atom is -0.451 e. The predicted octanol–water partition coefficient (Wildman–Crippen LogP) is 4.37. The molecule has 1 aliphatic rings. The molecule has 1 aliphatic heterocycles. The molecule has 0 bridgehead atoms. The molecule has 32 heavy (non-hydrogen) atoms. The lowest BCUT2D eigenvalue weighted by molar-refractivity contribution is 0.0161. The van der Waals surface area contributed by atoms with E-state index >= 15 is 0 Å². The fourth-order valence-corrected chi connectivity index (χ4v) is 4.14. The molecule has 2 aromatic carbocycles. The first-order valence-corrected chi connectivity index (χ1v) is 11.2. The van der Waals surface area contributed by atoms with E-state index in [1.165, 1.54) is 11.6 Å². The third-order valence-corrected chi connectivity index (χ3v) is 6.08. The summed E-state index contributed by atoms with van der Waals surface area (Å²) in [7, 11) is 0. The molecule has 1 fully saturated rings. The van der Waals surface area contributed by atoms with Crippen molar-refractivity contribution in [2.24, 2.45) is 0 Å². The molecular weight excluding hydrogens is 428 g/mol. The number of fused-ring (bicyclic) bond motifs is 1. The molecule has 1 amide bonds. The van der Waals surface area contributed by atoms with Gasteiger partial charge in [0.2, 0.25) is 0 Å². The number of ether oxygens (including phenoxy) is 1. The van der Waals surface area contributed by atoms with E-state index in [1.54, 1.807) is 18.2 Å². The van der Waals surface area contributed by atoms with Crippen LogP contribution < -0.4 is 10.7 Å². The topological polar surface area (TPSA) is 71.8 Å². The average Bonchev–Trinajstić information content (AvgIpc) is 2.80. The molecule has 2 heterocycles. The number of nitrogens with zero attached hydrogens (tertiary/aromatic N) is 1. The monoisotopic (exact) mass is 454 g/mol. The van der Waals surface area contributed by atoms with Crippen molar-refractivity contribution in [3.05, 3.63) is 80.7 Å². The molecule has 1 atom stereocenters. The summed E-state index contributed by atoms with van der Waals surface area (Å²) < 4.78 is 11.2. The number of benzene rings is 2. The van der Waals surface area contributed by atoms with Crippen LogP contribution in [-0.2, 0) is 4.74 Å². The van der Waals surface area contributed by atoms with E-state index in [2.05, 4.69) is 48.3 Å². The summed E-state index contributed by atoms with van der Waals surface area (Å²) >= 11 is 5.96. The summed E-state index contributed by atoms with van der Waals surface area (Å²) in [6.45, 7) is 7.63. The van der Waals surface area contributed by atoms with Crippen molar-refractivity contribution in [1.29, 1.82) is 0 Å². The van der Waals surface area contributed by atoms with E-state index in [-0.39, 0.29) is 17.2 Å². The van der Waals surface area contributed by atoms with E-state index < -0.39 is 5.91 Å². The molecule has 0 spiro atoms. The molecular formula is C25H27ClN2O4. The molecule has 1 saturated heterocycles. The van der Waals surface area contributed by atoms with Crippen molar-refractivity contribution in [2.75, 3.05) is 32.8 Å². The van der Waals surface area contributed by atoms with Gasteiger partial charge < -0.3 is 14.5 Å². The second-order valence-electron chi connectivity index (χ2n) is 8.31. The number of rotatable bonds is 6. The Labute approximate surface area is 192 Å². The van der Waals surface area contributed by atoms with E-state index in [4.69, 9.17) is 20.8 Å². The highest BCUT2D eigenvalue weighted by Crippen LogP contribution is 2.24. The first-order chi connectivity index (χ1) is 15.4. The van der Waals surface area contributed by atoms with E-state index in [1.807, 2.05) is 0 Å². The SMILES string of the molecule is CC(C)c1ccc([C@H](CNC(=O)c2cc(=O)c3cc(Cl)ccc3o2)N2CCOCC2)cc1. The molecule has 0 radical (unpaired) electrons. The molecule has 1 aromatic heterocycles. The minimum atomic E-state index is -0.420. The van der Waals surface area contributed by atoms with Crippen molar-refractivity contribution in [1.82, 2.24) is 10.2 Å². The van der Waals surface area contributed by atoms with Gasteiger partial charge in [0.25, 0.3) is 5.91 Å². The lowest BCUT2D eigenvalue weighted by Gasteiger charge is -2.35. The van der Waals surface area contributed by atoms with Gasteiger partial charge in [-0.3, -0.25) is 14.5 Å². The highest BCUT2D eigenvalue weighted by molar-refractivity contribution is 6.31. The fraction of sp³-hybridized carbons (Fsp3) is 0.360. The number of nitrogens with one attached hydrogen (secondary N) is 1. The van der Waals surface area contributed by atoms with Crippen molar-refractivity contribution >= 4 is 28.5 Å². The van der Waals surface area contributed by atoms with Gasteiger partial charge >= 0.3 is 0 Å². The third-order valence-electron chi connectivity index (χ3n) is 5.84. The molecule has 0 aliphatic carbocycles. The van der Waals surface area contributed by atoms with Crippen LogP contribution >= 0.6 is 11.6 Å². The van der Waals surface area contributed by atoms with E-state index in [9.17, 15) is 9.59 Å². The van der Waals surface area contributed by atoms with Gasteiger partial charge in [-0.2, -0.15) is 0 Å². The lowest BCUT2D eigenvalue weighted by atomic mass is 9.98. The van der Waals surface area contributed by atoms with Gasteiger partial charge in [-0.15, -0.1) is 0 Å². The molecule has 4 rings (SSSR count). The van der Waals surface area contributed by atoms with Crippen LogP contribution in [0.3, 0.4) is 0 Å². The Kier molecular flexibility index (Phi) is 6.94. The first-order valence-electron chi connectivity index (χ1n) is 10.9. The number of amides is 1. The standard InChI is InChI=1S/C25H27ClN2O4/c1-16(2)17-3-5-18(6-4-17)21(28-9-11-31-12-10-28)15-27-25(30)24-14-22(29)20-13-19(26)7-8-23(20)32-24/h3-8,13-14,16,21H,9-12,15H2,1-2H3,(H,27,30)/t21-/m0/s1. The Bertz CT molecular complexity index is 1150. The van der Waals surface area contributed by atoms with Gasteiger partial charge in [-0.05, 0) is 35.2 Å². The quantitative estimate of drug-likeness (QED) is 0.598. The zero-order valence-electron chi connectivity index (χ0n) is 18.3. The Morgan fingerprint density at radius 2 is 1.75 bits per heavy atom. The van der Waals surface area contributed by atoms with Gasteiger partial charge in [-0.25, -0.2) is 0 Å². The van der Waals surface area contributed by atoms with E-state index in [0.29, 0.717) is 41.7 Å². The molecule has 6 nitrogen and oxygen atoms in total. The highest BCUT2D eigenvalue weighted by Gasteiger charge is 2.24. The maximum absolute atomic E-state index is 12.9. The zero-order valence-corrected chi connectivity index (χ0v) is 19.0. The summed E-state index contributed by atoms with van der Waals surface area (Å²) in [5.74, 6) is 0.0213. The highest BCUT2D eigenvalue weighted by atomic mass is 35.5. The summed E-state index contributed by atoms with van der Waals surface area (Å²) in [4.78, 5) is 27.6. The number of morpholine rings is 1. The number of carbonyl (C=O) groups excluding carboxylic acids is 1. The van der Waals surface area contributed by atoms with Crippen LogP contribution in [-0.4, -0.2) is 43.7 Å². The van der Waals surface area contributed by atoms with Crippen LogP contribution in [0.4, 0.5) is 0 Å². The first kappa shape index (κ1) is 22.5. The summed E-state index contributed by atoms with van der Waals surface area (Å²) in [6.07, 6.45) is 0. The molecule has 1 N–H and O–H groups in total. The van der Waals surface area contributed by atoms with Gasteiger partial charge in [0.1, 0.15) is 5.58 Å². The van der Waals surface area contributed by atoms with E-state index in [0.717, 1.165) is 18.7 Å². The number of halogens is 1. The molecule has 0 saturated carbocycles. The van der Waals surface area contributed by atoms with Crippen LogP contribution in [0.1, 0.15) is 47.5 Å². The molecule has 168 valence electrons. The fourth-order valence-electron chi connectivity index (χ4n) is 3.97. The van der Waals surface area contributed by atoms with Crippen LogP contribution in [0.15, 0.2) is 57.7 Å². The molecule has 7 heteroatoms. The van der Waals surface area contributed by atoms with Crippen molar-refractivity contribution < 1.29 is 13.9 Å². The van der Waals surface area contributed by atoms with Crippen LogP contribution in [0, 0.1) is 0 Å². The normalized spacial score (nSPS) is 15.8. The summed E-state index contributed by atoms with van der Waals surface area (Å²) in [6, 6.07) is 14.5. The minimum absolute atomic E-state index is 0.00459. The number of carbonyl (C=O) groups is 1. The van der Waals surface area contributed by atoms with Crippen molar-refractivity contribution in [3.8, 4) is 0 Å². The van der Waals surface area contributed by atoms with Crippen LogP contribution in [0.25, 0.3) is 11.0 Å². The zero-order chi connectivity index (χ0) is 22.7. The Hall–Kier alpha value is -2.67. The third kappa shape index (κ3) is 5.04. The van der Waals surface area contributed by atoms with Gasteiger partial charge in [0.15, 0.2) is 11.2 Å². The second kappa shape index (κ2) is 9.86. The number of hydrogen-bond donors (Lipinski definition) is 1. The summed E-state index contributed by atoms with van der Waals surface area (Å²) in [5, 5.41) is 3.75. The van der Waals surface area contributed by atoms with Crippen molar-refractivity contribution in [2.45, 2.75) is 25.8 Å². The molecule has 3 aromatic rings. The Balaban J connectivity index is 1.54. The lowest BCUT2D eigenvalue weighted by Crippen LogP contribution is -2.43. The van der Waals surface area contributed by atoms with Crippen LogP contribution in [0.5, 0.6) is 0 Å². The van der Waals surface area contributed by atoms with Gasteiger partial charge in [0, 0.05) is 30.7 Å². The summed E-state index contributed by atoms with van der Waals surface area (Å²) in [5.41, 5.74) is 2.44. The smallest absolute Gasteiger partial charge is 0.287 e. The van der Waals surface area contributed by atoms with Gasteiger partial charge in [-0.1, -0.05) is 49.7 Å². The maximum Gasteiger partial charge on any atom is 0.287 e. The second-order valence-corrected chi connectivity index (χ2v) is 8.75.